The van der Waals surface area contributed by atoms with Crippen molar-refractivity contribution in [2.45, 2.75) is 20.4 Å². The van der Waals surface area contributed by atoms with Gasteiger partial charge in [-0.05, 0) is 13.8 Å². The summed E-state index contributed by atoms with van der Waals surface area (Å²) in [7, 11) is 3.53. The minimum Gasteiger partial charge on any atom is -1.00 e. The lowest BCUT2D eigenvalue weighted by Crippen LogP contribution is -3.00. The minimum atomic E-state index is 0. The molecule has 0 fully saturated rings. The van der Waals surface area contributed by atoms with E-state index in [0.717, 1.165) is 17.7 Å². The second-order valence-corrected chi connectivity index (χ2v) is 4.36. The molecule has 0 atom stereocenters. The second-order valence-electron chi connectivity index (χ2n) is 4.36. The van der Waals surface area contributed by atoms with Crippen molar-refractivity contribution in [3.05, 3.63) is 24.3 Å². The fourth-order valence-electron chi connectivity index (χ4n) is 1.80. The van der Waals surface area contributed by atoms with E-state index < -0.39 is 0 Å². The van der Waals surface area contributed by atoms with Gasteiger partial charge in [-0.2, -0.15) is 4.98 Å². The Hall–Kier alpha value is -1.47. The molecular formula is C12H18BrN5O. The molecule has 0 bridgehead atoms. The lowest BCUT2D eigenvalue weighted by atomic mass is 10.3. The van der Waals surface area contributed by atoms with Crippen LogP contribution in [0.2, 0.25) is 0 Å². The van der Waals surface area contributed by atoms with E-state index in [1.54, 1.807) is 7.11 Å². The summed E-state index contributed by atoms with van der Waals surface area (Å²) in [6, 6.07) is 0. The van der Waals surface area contributed by atoms with E-state index >= 15 is 0 Å². The van der Waals surface area contributed by atoms with E-state index in [1.807, 2.05) is 17.9 Å². The molecule has 0 aromatic carbocycles. The first-order valence-electron chi connectivity index (χ1n) is 5.75. The van der Waals surface area contributed by atoms with E-state index in [0.29, 0.717) is 5.82 Å². The maximum Gasteiger partial charge on any atom is 0.307 e. The van der Waals surface area contributed by atoms with Gasteiger partial charge in [-0.15, -0.1) is 0 Å². The summed E-state index contributed by atoms with van der Waals surface area (Å²) in [5, 5.41) is 0. The Labute approximate surface area is 122 Å². The van der Waals surface area contributed by atoms with Crippen LogP contribution < -0.4 is 27.0 Å². The number of nitrogens with zero attached hydrogens (tertiary/aromatic N) is 4. The third kappa shape index (κ3) is 3.30. The maximum absolute atomic E-state index is 4.95. The smallest absolute Gasteiger partial charge is 0.307 e. The maximum atomic E-state index is 4.95. The van der Waals surface area contributed by atoms with Crippen LogP contribution >= 0.6 is 0 Å². The van der Waals surface area contributed by atoms with Gasteiger partial charge in [0, 0.05) is 0 Å². The first-order chi connectivity index (χ1) is 8.63. The topological polar surface area (TPSA) is 55.9 Å². The van der Waals surface area contributed by atoms with Gasteiger partial charge in [-0.3, -0.25) is 9.40 Å². The Kier molecular flexibility index (Phi) is 5.44. The number of halogens is 1. The summed E-state index contributed by atoms with van der Waals surface area (Å²) in [6.07, 6.45) is 5.68. The summed E-state index contributed by atoms with van der Waals surface area (Å²) in [6.45, 7) is 4.94. The number of fused-ring (bicyclic) bond motifs is 1. The molecule has 6 nitrogen and oxygen atoms in total. The van der Waals surface area contributed by atoms with Crippen molar-refractivity contribution < 1.29 is 26.4 Å². The van der Waals surface area contributed by atoms with Gasteiger partial charge in [0.1, 0.15) is 0 Å². The average Bonchev–Trinajstić information content (AvgIpc) is 2.66. The summed E-state index contributed by atoms with van der Waals surface area (Å²) < 4.78 is 4.06. The van der Waals surface area contributed by atoms with Gasteiger partial charge in [0.25, 0.3) is 0 Å². The molecule has 2 heterocycles. The Morgan fingerprint density at radius 2 is 2.21 bits per heavy atom. The Bertz CT molecular complexity index is 589. The van der Waals surface area contributed by atoms with Gasteiger partial charge in [-0.25, -0.2) is 10.0 Å². The molecule has 104 valence electrons. The normalized spacial score (nSPS) is 10.1. The van der Waals surface area contributed by atoms with Crippen molar-refractivity contribution in [2.24, 2.45) is 7.05 Å². The molecule has 2 rings (SSSR count). The van der Waals surface area contributed by atoms with E-state index in [9.17, 15) is 0 Å². The van der Waals surface area contributed by atoms with E-state index in [4.69, 9.17) is 4.84 Å². The zero-order valence-electron chi connectivity index (χ0n) is 11.5. The summed E-state index contributed by atoms with van der Waals surface area (Å²) in [4.78, 5) is 13.4. The molecule has 0 saturated carbocycles. The van der Waals surface area contributed by atoms with Crippen molar-refractivity contribution in [2.75, 3.05) is 12.6 Å². The number of aromatic nitrogens is 4. The molecule has 0 radical (unpaired) electrons. The number of imidazole rings is 1. The van der Waals surface area contributed by atoms with E-state index in [2.05, 4.69) is 39.9 Å². The van der Waals surface area contributed by atoms with Gasteiger partial charge in [-0.1, -0.05) is 16.6 Å². The van der Waals surface area contributed by atoms with Crippen molar-refractivity contribution in [1.82, 2.24) is 14.5 Å². The number of allylic oxidation sites excluding steroid dienone is 2. The van der Waals surface area contributed by atoms with Crippen molar-refractivity contribution in [1.29, 1.82) is 0 Å². The molecule has 7 heteroatoms. The molecule has 0 aliphatic carbocycles. The van der Waals surface area contributed by atoms with Crippen LogP contribution in [0.25, 0.3) is 11.2 Å². The van der Waals surface area contributed by atoms with Gasteiger partial charge >= 0.3 is 5.65 Å². The van der Waals surface area contributed by atoms with Crippen LogP contribution in [0.4, 0.5) is 5.82 Å². The lowest BCUT2D eigenvalue weighted by molar-refractivity contribution is -0.647. The molecule has 2 aromatic rings. The highest BCUT2D eigenvalue weighted by molar-refractivity contribution is 5.80. The number of hydrogen-bond donors (Lipinski definition) is 1. The molecule has 0 spiro atoms. The Morgan fingerprint density at radius 3 is 2.84 bits per heavy atom. The SMILES string of the molecule is CONc1ncnc2c1n(CC=C(C)C)c[n+]2C.[Br-]. The van der Waals surface area contributed by atoms with Gasteiger partial charge in [0.2, 0.25) is 5.52 Å². The molecule has 2 aromatic heterocycles. The first kappa shape index (κ1) is 15.6. The van der Waals surface area contributed by atoms with E-state index in [-0.39, 0.29) is 17.0 Å². The van der Waals surface area contributed by atoms with Crippen molar-refractivity contribution in [3.8, 4) is 0 Å². The van der Waals surface area contributed by atoms with Crippen LogP contribution in [-0.2, 0) is 18.4 Å². The van der Waals surface area contributed by atoms with Crippen LogP contribution in [0.1, 0.15) is 13.8 Å². The van der Waals surface area contributed by atoms with Crippen LogP contribution in [-0.4, -0.2) is 21.6 Å². The average molecular weight is 328 g/mol. The first-order valence-corrected chi connectivity index (χ1v) is 5.75. The van der Waals surface area contributed by atoms with Crippen LogP contribution in [0, 0.1) is 0 Å². The summed E-state index contributed by atoms with van der Waals surface area (Å²) in [5.74, 6) is 0.672. The highest BCUT2D eigenvalue weighted by Gasteiger charge is 2.18. The summed E-state index contributed by atoms with van der Waals surface area (Å²) >= 11 is 0. The van der Waals surface area contributed by atoms with Gasteiger partial charge in [0.15, 0.2) is 18.5 Å². The standard InChI is InChI=1S/C12H18N5O.BrH/c1-9(2)5-6-17-8-16(3)12-10(17)11(15-18-4)13-7-14-12;/h5,7-8H,6H2,1-4H3,(H,13,14,15);1H/q+1;/p-1. The number of aryl methyl sites for hydroxylation is 1. The van der Waals surface area contributed by atoms with E-state index in [1.165, 1.54) is 11.9 Å². The minimum absolute atomic E-state index is 0. The molecule has 0 amide bonds. The summed E-state index contributed by atoms with van der Waals surface area (Å²) in [5.41, 5.74) is 5.86. The zero-order chi connectivity index (χ0) is 13.1. The molecule has 0 unspecified atom stereocenters. The second kappa shape index (κ2) is 6.63. The number of hydrogen-bond acceptors (Lipinski definition) is 4. The molecule has 19 heavy (non-hydrogen) atoms. The van der Waals surface area contributed by atoms with Crippen LogP contribution in [0.5, 0.6) is 0 Å². The highest BCUT2D eigenvalue weighted by Crippen LogP contribution is 2.17. The number of nitrogens with one attached hydrogen (secondary N) is 1. The van der Waals surface area contributed by atoms with Crippen molar-refractivity contribution in [3.63, 3.8) is 0 Å². The molecule has 0 aliphatic rings. The fourth-order valence-corrected chi connectivity index (χ4v) is 1.80. The van der Waals surface area contributed by atoms with Crippen molar-refractivity contribution >= 4 is 17.0 Å². The quantitative estimate of drug-likeness (QED) is 0.409. The predicted molar refractivity (Wildman–Crippen MR) is 68.8 cm³/mol. The predicted octanol–water partition coefficient (Wildman–Crippen LogP) is -1.80. The molecule has 0 saturated heterocycles. The molecular weight excluding hydrogens is 310 g/mol. The third-order valence-electron chi connectivity index (χ3n) is 2.63. The molecule has 0 aliphatic heterocycles. The Morgan fingerprint density at radius 1 is 1.47 bits per heavy atom. The fraction of sp³-hybridized carbons (Fsp3) is 0.417. The third-order valence-corrected chi connectivity index (χ3v) is 2.63. The van der Waals surface area contributed by atoms with Gasteiger partial charge in [0.05, 0.1) is 20.7 Å². The van der Waals surface area contributed by atoms with Crippen LogP contribution in [0.3, 0.4) is 0 Å². The largest absolute Gasteiger partial charge is 1.00 e. The number of rotatable bonds is 4. The monoisotopic (exact) mass is 327 g/mol. The lowest BCUT2D eigenvalue weighted by Gasteiger charge is -2.02. The van der Waals surface area contributed by atoms with Gasteiger partial charge < -0.3 is 17.0 Å². The highest BCUT2D eigenvalue weighted by atomic mass is 79.9. The van der Waals surface area contributed by atoms with Crippen LogP contribution in [0.15, 0.2) is 24.3 Å². The zero-order valence-corrected chi connectivity index (χ0v) is 13.1. The Balaban J connectivity index is 0.00000180. The number of anilines is 1. The molecule has 1 N–H and O–H groups in total.